The number of nitrogens with one attached hydrogen (secondary N) is 3. The lowest BCUT2D eigenvalue weighted by Gasteiger charge is -2.23. The summed E-state index contributed by atoms with van der Waals surface area (Å²) in [5, 5.41) is 8.72. The predicted octanol–water partition coefficient (Wildman–Crippen LogP) is 2.44. The van der Waals surface area contributed by atoms with Crippen molar-refractivity contribution in [1.82, 2.24) is 10.2 Å². The predicted molar refractivity (Wildman–Crippen MR) is 102 cm³/mol. The molecule has 0 atom stereocenters. The minimum Gasteiger partial charge on any atom is -0.326 e. The van der Waals surface area contributed by atoms with Crippen LogP contribution in [0.1, 0.15) is 38.5 Å². The van der Waals surface area contributed by atoms with Crippen LogP contribution >= 0.6 is 0 Å². The van der Waals surface area contributed by atoms with Gasteiger partial charge in [0.05, 0.1) is 6.54 Å². The number of anilines is 2. The second-order valence-electron chi connectivity index (χ2n) is 6.57. The molecule has 0 bridgehead atoms. The van der Waals surface area contributed by atoms with Gasteiger partial charge in [-0.05, 0) is 57.2 Å². The van der Waals surface area contributed by atoms with Crippen LogP contribution in [0.15, 0.2) is 24.3 Å². The van der Waals surface area contributed by atoms with Gasteiger partial charge in [0.1, 0.15) is 0 Å². The molecule has 1 aliphatic heterocycles. The Morgan fingerprint density at radius 1 is 0.880 bits per heavy atom. The quantitative estimate of drug-likeness (QED) is 0.709. The fraction of sp³-hybridized carbons (Fsp3) is 0.579. The van der Waals surface area contributed by atoms with Crippen LogP contribution in [0.3, 0.4) is 0 Å². The Hall–Kier alpha value is -1.92. The maximum absolute atomic E-state index is 12.2. The van der Waals surface area contributed by atoms with Gasteiger partial charge in [-0.1, -0.05) is 19.3 Å². The average Bonchev–Trinajstić information content (AvgIpc) is 2.57. The number of hydrogen-bond acceptors (Lipinski definition) is 4. The molecule has 1 aromatic rings. The molecule has 3 N–H and O–H groups in total. The molecule has 6 nitrogen and oxygen atoms in total. The number of carbonyl (C=O) groups excluding carboxylic acids is 2. The van der Waals surface area contributed by atoms with Crippen molar-refractivity contribution in [3.05, 3.63) is 24.3 Å². The zero-order chi connectivity index (χ0) is 17.9. The number of likely N-dealkylation sites (tertiary alicyclic amines) is 1. The molecular weight excluding hydrogens is 316 g/mol. The molecule has 6 heteroatoms. The summed E-state index contributed by atoms with van der Waals surface area (Å²) in [7, 11) is 1.82. The zero-order valence-electron chi connectivity index (χ0n) is 15.1. The minimum absolute atomic E-state index is 0.0198. The fourth-order valence-corrected chi connectivity index (χ4v) is 2.97. The van der Waals surface area contributed by atoms with Crippen molar-refractivity contribution in [2.45, 2.75) is 38.5 Å². The Kier molecular flexibility index (Phi) is 8.42. The molecule has 2 rings (SSSR count). The Bertz CT molecular complexity index is 537. The highest BCUT2D eigenvalue weighted by molar-refractivity contribution is 5.93. The largest absolute Gasteiger partial charge is 0.326 e. The van der Waals surface area contributed by atoms with Crippen molar-refractivity contribution in [2.75, 3.05) is 43.9 Å². The summed E-state index contributed by atoms with van der Waals surface area (Å²) in [4.78, 5) is 26.2. The van der Waals surface area contributed by atoms with E-state index in [1.165, 1.54) is 32.1 Å². The third kappa shape index (κ3) is 7.67. The summed E-state index contributed by atoms with van der Waals surface area (Å²) in [6.45, 7) is 3.11. The first kappa shape index (κ1) is 19.4. The van der Waals surface area contributed by atoms with Crippen molar-refractivity contribution in [3.63, 3.8) is 0 Å². The normalized spacial score (nSPS) is 15.9. The summed E-state index contributed by atoms with van der Waals surface area (Å²) in [6.07, 6.45) is 6.63. The number of benzene rings is 1. The molecule has 0 aromatic heterocycles. The first-order valence-corrected chi connectivity index (χ1v) is 9.24. The summed E-state index contributed by atoms with van der Waals surface area (Å²) < 4.78 is 0. The molecule has 25 heavy (non-hydrogen) atoms. The fourth-order valence-electron chi connectivity index (χ4n) is 2.97. The van der Waals surface area contributed by atoms with Crippen molar-refractivity contribution in [3.8, 4) is 0 Å². The lowest BCUT2D eigenvalue weighted by atomic mass is 10.1. The molecule has 1 saturated heterocycles. The molecule has 1 aromatic carbocycles. The molecule has 0 spiro atoms. The molecule has 1 heterocycles. The van der Waals surface area contributed by atoms with Crippen LogP contribution in [-0.2, 0) is 9.59 Å². The van der Waals surface area contributed by atoms with E-state index in [0.29, 0.717) is 19.5 Å². The number of rotatable bonds is 7. The zero-order valence-corrected chi connectivity index (χ0v) is 15.1. The Balaban J connectivity index is 1.77. The van der Waals surface area contributed by atoms with Gasteiger partial charge in [0.15, 0.2) is 0 Å². The van der Waals surface area contributed by atoms with E-state index in [2.05, 4.69) is 20.9 Å². The highest BCUT2D eigenvalue weighted by Crippen LogP contribution is 2.14. The lowest BCUT2D eigenvalue weighted by Crippen LogP contribution is -2.35. The van der Waals surface area contributed by atoms with E-state index in [9.17, 15) is 9.59 Å². The number of hydrogen-bond donors (Lipinski definition) is 3. The van der Waals surface area contributed by atoms with Gasteiger partial charge in [0, 0.05) is 24.3 Å². The van der Waals surface area contributed by atoms with Gasteiger partial charge in [0.2, 0.25) is 11.8 Å². The van der Waals surface area contributed by atoms with Gasteiger partial charge in [-0.3, -0.25) is 14.5 Å². The van der Waals surface area contributed by atoms with Gasteiger partial charge in [-0.15, -0.1) is 0 Å². The molecule has 2 amide bonds. The Morgan fingerprint density at radius 2 is 1.40 bits per heavy atom. The van der Waals surface area contributed by atoms with Gasteiger partial charge in [-0.25, -0.2) is 0 Å². The van der Waals surface area contributed by atoms with Crippen LogP contribution in [-0.4, -0.2) is 49.9 Å². The monoisotopic (exact) mass is 346 g/mol. The van der Waals surface area contributed by atoms with Crippen LogP contribution in [0, 0.1) is 0 Å². The van der Waals surface area contributed by atoms with E-state index in [0.717, 1.165) is 24.5 Å². The van der Waals surface area contributed by atoms with Gasteiger partial charge in [-0.2, -0.15) is 0 Å². The van der Waals surface area contributed by atoms with E-state index in [-0.39, 0.29) is 11.8 Å². The lowest BCUT2D eigenvalue weighted by molar-refractivity contribution is -0.117. The molecule has 0 saturated carbocycles. The van der Waals surface area contributed by atoms with Crippen molar-refractivity contribution < 1.29 is 9.59 Å². The summed E-state index contributed by atoms with van der Waals surface area (Å²) in [5.74, 6) is -0.00500. The minimum atomic E-state index is -0.0248. The topological polar surface area (TPSA) is 73.5 Å². The standard InChI is InChI=1S/C19H30N4O2/c1-20-12-11-18(24)21-16-7-9-17(10-8-16)22-19(25)15-23-13-5-3-2-4-6-14-23/h7-10,20H,2-6,11-15H2,1H3,(H,21,24)(H,22,25). The van der Waals surface area contributed by atoms with E-state index in [1.807, 2.05) is 31.3 Å². The van der Waals surface area contributed by atoms with E-state index >= 15 is 0 Å². The van der Waals surface area contributed by atoms with Crippen LogP contribution < -0.4 is 16.0 Å². The SMILES string of the molecule is CNCCC(=O)Nc1ccc(NC(=O)CN2CCCCCCC2)cc1. The molecule has 1 aliphatic rings. The summed E-state index contributed by atoms with van der Waals surface area (Å²) >= 11 is 0. The third-order valence-electron chi connectivity index (χ3n) is 4.37. The van der Waals surface area contributed by atoms with Crippen LogP contribution in [0.25, 0.3) is 0 Å². The number of carbonyl (C=O) groups is 2. The molecule has 0 radical (unpaired) electrons. The molecule has 138 valence electrons. The first-order chi connectivity index (χ1) is 12.2. The second kappa shape index (κ2) is 10.8. The van der Waals surface area contributed by atoms with E-state index in [1.54, 1.807) is 0 Å². The summed E-state index contributed by atoms with van der Waals surface area (Å²) in [5.41, 5.74) is 1.49. The maximum Gasteiger partial charge on any atom is 0.238 e. The number of nitrogens with zero attached hydrogens (tertiary/aromatic N) is 1. The Labute approximate surface area is 150 Å². The molecule has 0 aliphatic carbocycles. The summed E-state index contributed by atoms with van der Waals surface area (Å²) in [6, 6.07) is 7.25. The molecule has 1 fully saturated rings. The third-order valence-corrected chi connectivity index (χ3v) is 4.37. The van der Waals surface area contributed by atoms with Crippen LogP contribution in [0.5, 0.6) is 0 Å². The van der Waals surface area contributed by atoms with Crippen molar-refractivity contribution >= 4 is 23.2 Å². The average molecular weight is 346 g/mol. The van der Waals surface area contributed by atoms with Crippen LogP contribution in [0.4, 0.5) is 11.4 Å². The number of amides is 2. The van der Waals surface area contributed by atoms with Gasteiger partial charge < -0.3 is 16.0 Å². The second-order valence-corrected chi connectivity index (χ2v) is 6.57. The molecule has 0 unspecified atom stereocenters. The highest BCUT2D eigenvalue weighted by Gasteiger charge is 2.12. The van der Waals surface area contributed by atoms with Gasteiger partial charge in [0.25, 0.3) is 0 Å². The Morgan fingerprint density at radius 3 is 1.96 bits per heavy atom. The molecular formula is C19H30N4O2. The first-order valence-electron chi connectivity index (χ1n) is 9.24. The van der Waals surface area contributed by atoms with E-state index in [4.69, 9.17) is 0 Å². The van der Waals surface area contributed by atoms with Crippen LogP contribution in [0.2, 0.25) is 0 Å². The maximum atomic E-state index is 12.2. The van der Waals surface area contributed by atoms with Crippen molar-refractivity contribution in [1.29, 1.82) is 0 Å². The van der Waals surface area contributed by atoms with E-state index < -0.39 is 0 Å². The van der Waals surface area contributed by atoms with Gasteiger partial charge >= 0.3 is 0 Å². The van der Waals surface area contributed by atoms with Crippen molar-refractivity contribution in [2.24, 2.45) is 0 Å². The smallest absolute Gasteiger partial charge is 0.238 e. The highest BCUT2D eigenvalue weighted by atomic mass is 16.2.